The maximum atomic E-state index is 12.2. The van der Waals surface area contributed by atoms with Crippen molar-refractivity contribution in [3.05, 3.63) is 18.0 Å². The molecule has 0 saturated heterocycles. The lowest BCUT2D eigenvalue weighted by Crippen LogP contribution is -2.26. The molecule has 0 radical (unpaired) electrons. The first-order valence-corrected chi connectivity index (χ1v) is 7.96. The predicted octanol–water partition coefficient (Wildman–Crippen LogP) is 3.77. The Balaban J connectivity index is 0.00000139. The number of rotatable bonds is 2. The van der Waals surface area contributed by atoms with Crippen molar-refractivity contribution >= 4 is 29.4 Å². The van der Waals surface area contributed by atoms with Gasteiger partial charge in [-0.25, -0.2) is 24.3 Å². The van der Waals surface area contributed by atoms with Crippen LogP contribution in [0.5, 0.6) is 0 Å². The first kappa shape index (κ1) is 19.6. The Hall–Kier alpha value is -2.44. The van der Waals surface area contributed by atoms with Crippen LogP contribution in [0.1, 0.15) is 40.2 Å². The zero-order valence-corrected chi connectivity index (χ0v) is 15.8. The normalized spacial score (nSPS) is 11.3. The van der Waals surface area contributed by atoms with Crippen LogP contribution in [0.25, 0.3) is 11.0 Å². The molecule has 24 heavy (non-hydrogen) atoms. The van der Waals surface area contributed by atoms with E-state index in [2.05, 4.69) is 15.0 Å². The minimum atomic E-state index is -0.557. The van der Waals surface area contributed by atoms with Gasteiger partial charge in [-0.3, -0.25) is 0 Å². The molecule has 0 aliphatic heterocycles. The summed E-state index contributed by atoms with van der Waals surface area (Å²) < 4.78 is 6.81. The Kier molecular flexibility index (Phi) is 6.45. The van der Waals surface area contributed by atoms with Crippen LogP contribution in [0, 0.1) is 6.92 Å². The van der Waals surface area contributed by atoms with Gasteiger partial charge in [0.1, 0.15) is 5.60 Å². The summed E-state index contributed by atoms with van der Waals surface area (Å²) in [6, 6.07) is 0. The number of aryl methyl sites for hydroxylation is 1. The van der Waals surface area contributed by atoms with Crippen LogP contribution in [-0.4, -0.2) is 51.6 Å². The lowest BCUT2D eigenvalue weighted by atomic mass is 10.2. The summed E-state index contributed by atoms with van der Waals surface area (Å²) in [4.78, 5) is 26.7. The van der Waals surface area contributed by atoms with Gasteiger partial charge in [-0.15, -0.1) is 0 Å². The quantitative estimate of drug-likeness (QED) is 0.618. The second-order valence-electron chi connectivity index (χ2n) is 6.27. The second-order valence-corrected chi connectivity index (χ2v) is 6.27. The fourth-order valence-electron chi connectivity index (χ4n) is 1.85. The molecular formula is C17H27N5O2. The highest BCUT2D eigenvalue weighted by molar-refractivity contribution is 5.89. The highest BCUT2D eigenvalue weighted by Crippen LogP contribution is 2.21. The fourth-order valence-corrected chi connectivity index (χ4v) is 1.85. The van der Waals surface area contributed by atoms with Crippen LogP contribution >= 0.6 is 0 Å². The van der Waals surface area contributed by atoms with Gasteiger partial charge in [-0.1, -0.05) is 13.8 Å². The molecule has 0 spiro atoms. The summed E-state index contributed by atoms with van der Waals surface area (Å²) in [6.45, 7) is 11.4. The maximum absolute atomic E-state index is 12.2. The molecule has 0 fully saturated rings. The number of aromatic nitrogens is 3. The molecule has 2 aromatic heterocycles. The van der Waals surface area contributed by atoms with E-state index in [1.165, 1.54) is 4.57 Å². The van der Waals surface area contributed by atoms with Crippen molar-refractivity contribution in [1.82, 2.24) is 19.4 Å². The van der Waals surface area contributed by atoms with Crippen LogP contribution in [0.4, 0.5) is 10.7 Å². The lowest BCUT2D eigenvalue weighted by molar-refractivity contribution is 0.0544. The van der Waals surface area contributed by atoms with E-state index in [1.807, 2.05) is 55.6 Å². The van der Waals surface area contributed by atoms with Gasteiger partial charge in [0.2, 0.25) is 0 Å². The third-order valence-electron chi connectivity index (χ3n) is 2.71. The van der Waals surface area contributed by atoms with E-state index < -0.39 is 11.7 Å². The van der Waals surface area contributed by atoms with Gasteiger partial charge in [0.05, 0.1) is 23.6 Å². The molecule has 0 saturated carbocycles. The summed E-state index contributed by atoms with van der Waals surface area (Å²) in [6.07, 6.45) is 4.47. The predicted molar refractivity (Wildman–Crippen MR) is 97.1 cm³/mol. The van der Waals surface area contributed by atoms with Crippen molar-refractivity contribution in [2.45, 2.75) is 47.1 Å². The van der Waals surface area contributed by atoms with Gasteiger partial charge >= 0.3 is 6.09 Å². The summed E-state index contributed by atoms with van der Waals surface area (Å²) in [5.74, 6) is 0.353. The Labute approximate surface area is 143 Å². The molecule has 0 atom stereocenters. The number of hydrogen-bond acceptors (Lipinski definition) is 5. The summed E-state index contributed by atoms with van der Waals surface area (Å²) in [7, 11) is 3.73. The molecular weight excluding hydrogens is 306 g/mol. The minimum absolute atomic E-state index is 0.353. The summed E-state index contributed by atoms with van der Waals surface area (Å²) >= 11 is 0. The van der Waals surface area contributed by atoms with Gasteiger partial charge in [-0.05, 0) is 33.3 Å². The smallest absolute Gasteiger partial charge is 0.419 e. The second kappa shape index (κ2) is 7.90. The first-order valence-electron chi connectivity index (χ1n) is 7.96. The third-order valence-corrected chi connectivity index (χ3v) is 2.71. The SMILES string of the molecule is CC.Cc1cn(C(=O)OC(C)(C)C)c2cnc(/N=C/N(C)C)nc12. The monoisotopic (exact) mass is 333 g/mol. The average molecular weight is 333 g/mol. The van der Waals surface area contributed by atoms with Gasteiger partial charge in [-0.2, -0.15) is 0 Å². The van der Waals surface area contributed by atoms with E-state index in [0.717, 1.165) is 5.56 Å². The molecule has 7 nitrogen and oxygen atoms in total. The van der Waals surface area contributed by atoms with Gasteiger partial charge in [0.25, 0.3) is 5.95 Å². The number of carbonyl (C=O) groups is 1. The molecule has 132 valence electrons. The van der Waals surface area contributed by atoms with Crippen molar-refractivity contribution in [3.63, 3.8) is 0 Å². The minimum Gasteiger partial charge on any atom is -0.443 e. The van der Waals surface area contributed by atoms with Gasteiger partial charge in [0, 0.05) is 20.3 Å². The zero-order chi connectivity index (χ0) is 18.5. The van der Waals surface area contributed by atoms with Crippen molar-refractivity contribution in [2.75, 3.05) is 14.1 Å². The topological polar surface area (TPSA) is 72.6 Å². The molecule has 2 rings (SSSR count). The van der Waals surface area contributed by atoms with Crippen LogP contribution < -0.4 is 0 Å². The van der Waals surface area contributed by atoms with Crippen LogP contribution in [0.2, 0.25) is 0 Å². The molecule has 0 aliphatic carbocycles. The highest BCUT2D eigenvalue weighted by Gasteiger charge is 2.20. The van der Waals surface area contributed by atoms with E-state index in [-0.39, 0.29) is 0 Å². The number of aliphatic imine (C=N–C) groups is 1. The molecule has 0 aromatic carbocycles. The van der Waals surface area contributed by atoms with Gasteiger partial charge in [0.15, 0.2) is 0 Å². The summed E-state index contributed by atoms with van der Waals surface area (Å²) in [5.41, 5.74) is 1.60. The zero-order valence-electron chi connectivity index (χ0n) is 15.8. The Morgan fingerprint density at radius 1 is 1.33 bits per heavy atom. The Morgan fingerprint density at radius 3 is 2.50 bits per heavy atom. The molecule has 0 N–H and O–H groups in total. The molecule has 0 unspecified atom stereocenters. The fraction of sp³-hybridized carbons (Fsp3) is 0.529. The maximum Gasteiger partial charge on any atom is 0.419 e. The summed E-state index contributed by atoms with van der Waals surface area (Å²) in [5, 5.41) is 0. The number of carbonyl (C=O) groups excluding carboxylic acids is 1. The molecule has 7 heteroatoms. The standard InChI is InChI=1S/C15H21N5O2.C2H6/c1-10-8-20(14(21)22-15(2,3)4)11-7-16-13(18-12(10)11)17-9-19(5)6;1-2/h7-9H,1-6H3;1-2H3/b17-9+;. The molecule has 0 aliphatic rings. The Bertz CT molecular complexity index is 726. The first-order chi connectivity index (χ1) is 11.2. The lowest BCUT2D eigenvalue weighted by Gasteiger charge is -2.19. The van der Waals surface area contributed by atoms with Crippen LogP contribution in [0.15, 0.2) is 17.4 Å². The van der Waals surface area contributed by atoms with E-state index in [1.54, 1.807) is 23.6 Å². The van der Waals surface area contributed by atoms with E-state index >= 15 is 0 Å². The third kappa shape index (κ3) is 5.04. The Morgan fingerprint density at radius 2 is 1.96 bits per heavy atom. The number of nitrogens with zero attached hydrogens (tertiary/aromatic N) is 5. The van der Waals surface area contributed by atoms with E-state index in [4.69, 9.17) is 4.74 Å². The highest BCUT2D eigenvalue weighted by atomic mass is 16.6. The van der Waals surface area contributed by atoms with Crippen molar-refractivity contribution in [2.24, 2.45) is 4.99 Å². The number of hydrogen-bond donors (Lipinski definition) is 0. The van der Waals surface area contributed by atoms with E-state index in [9.17, 15) is 4.79 Å². The van der Waals surface area contributed by atoms with Crippen molar-refractivity contribution < 1.29 is 9.53 Å². The average Bonchev–Trinajstić information content (AvgIpc) is 2.82. The van der Waals surface area contributed by atoms with Crippen LogP contribution in [0.3, 0.4) is 0 Å². The molecule has 0 amide bonds. The van der Waals surface area contributed by atoms with Crippen molar-refractivity contribution in [3.8, 4) is 0 Å². The largest absolute Gasteiger partial charge is 0.443 e. The molecule has 2 aromatic rings. The molecule has 2 heterocycles. The van der Waals surface area contributed by atoms with Crippen LogP contribution in [-0.2, 0) is 4.74 Å². The number of ether oxygens (including phenoxy) is 1. The number of fused-ring (bicyclic) bond motifs is 1. The molecule has 0 bridgehead atoms. The van der Waals surface area contributed by atoms with Crippen molar-refractivity contribution in [1.29, 1.82) is 0 Å². The van der Waals surface area contributed by atoms with Gasteiger partial charge < -0.3 is 9.64 Å². The van der Waals surface area contributed by atoms with E-state index in [0.29, 0.717) is 17.0 Å².